The Labute approximate surface area is 227 Å². The van der Waals surface area contributed by atoms with Crippen LogP contribution in [0.25, 0.3) is 10.8 Å². The fourth-order valence-corrected chi connectivity index (χ4v) is 6.22. The van der Waals surface area contributed by atoms with Crippen LogP contribution in [-0.2, 0) is 38.2 Å². The summed E-state index contributed by atoms with van der Waals surface area (Å²) >= 11 is -1.54. The van der Waals surface area contributed by atoms with Crippen molar-refractivity contribution < 1.29 is 36.3 Å². The summed E-state index contributed by atoms with van der Waals surface area (Å²) in [6.45, 7) is -0.0535. The van der Waals surface area contributed by atoms with Gasteiger partial charge in [0.05, 0.1) is 18.9 Å². The summed E-state index contributed by atoms with van der Waals surface area (Å²) in [7, 11) is 4.54. The first-order chi connectivity index (χ1) is 18.3. The summed E-state index contributed by atoms with van der Waals surface area (Å²) in [6, 6.07) is 1.06. The summed E-state index contributed by atoms with van der Waals surface area (Å²) in [5.74, 6) is -1.70. The minimum atomic E-state index is -4.79. The second kappa shape index (κ2) is 10.9. The van der Waals surface area contributed by atoms with E-state index in [2.05, 4.69) is 9.97 Å². The number of carbonyl (C=O) groups is 2. The number of esters is 1. The van der Waals surface area contributed by atoms with Gasteiger partial charge in [-0.25, -0.2) is 23.3 Å². The van der Waals surface area contributed by atoms with Gasteiger partial charge >= 0.3 is 12.1 Å². The van der Waals surface area contributed by atoms with Crippen LogP contribution in [0, 0.1) is 0 Å². The Bertz CT molecular complexity index is 1430. The molecular formula is C23H25F3N6O5S2. The van der Waals surface area contributed by atoms with Crippen molar-refractivity contribution in [3.05, 3.63) is 41.7 Å². The molecule has 3 N–H and O–H groups in total. The van der Waals surface area contributed by atoms with Crippen molar-refractivity contribution >= 4 is 61.2 Å². The van der Waals surface area contributed by atoms with Crippen LogP contribution >= 0.6 is 11.3 Å². The summed E-state index contributed by atoms with van der Waals surface area (Å²) in [4.78, 5) is 37.1. The lowest BCUT2D eigenvalue weighted by molar-refractivity contribution is -0.151. The number of hydrogen-bond acceptors (Lipinski definition) is 9. The third-order valence-electron chi connectivity index (χ3n) is 6.33. The van der Waals surface area contributed by atoms with E-state index in [4.69, 9.17) is 10.5 Å². The fourth-order valence-electron chi connectivity index (χ4n) is 4.51. The van der Waals surface area contributed by atoms with Crippen molar-refractivity contribution in [2.45, 2.75) is 31.1 Å². The minimum absolute atomic E-state index is 0.0415. The third kappa shape index (κ3) is 5.62. The number of alkyl halides is 3. The highest BCUT2D eigenvalue weighted by Crippen LogP contribution is 2.38. The van der Waals surface area contributed by atoms with Crippen LogP contribution in [0.2, 0.25) is 0 Å². The maximum absolute atomic E-state index is 14.1. The van der Waals surface area contributed by atoms with Crippen molar-refractivity contribution in [1.29, 1.82) is 0 Å². The van der Waals surface area contributed by atoms with Crippen LogP contribution in [0.1, 0.15) is 17.5 Å². The van der Waals surface area contributed by atoms with Crippen molar-refractivity contribution in [3.63, 3.8) is 0 Å². The molecule has 1 amide bonds. The predicted octanol–water partition coefficient (Wildman–Crippen LogP) is 2.69. The lowest BCUT2D eigenvalue weighted by Gasteiger charge is -2.29. The quantitative estimate of drug-likeness (QED) is 0.301. The van der Waals surface area contributed by atoms with E-state index in [1.54, 1.807) is 19.0 Å². The van der Waals surface area contributed by atoms with Gasteiger partial charge in [0.25, 0.3) is 11.3 Å². The molecule has 0 bridgehead atoms. The summed E-state index contributed by atoms with van der Waals surface area (Å²) in [5.41, 5.74) is 4.51. The highest BCUT2D eigenvalue weighted by molar-refractivity contribution is 7.81. The number of ether oxygens (including phenoxy) is 1. The van der Waals surface area contributed by atoms with E-state index in [1.165, 1.54) is 24.5 Å². The molecule has 39 heavy (non-hydrogen) atoms. The van der Waals surface area contributed by atoms with Crippen molar-refractivity contribution in [2.24, 2.45) is 0 Å². The van der Waals surface area contributed by atoms with Crippen LogP contribution in [0.5, 0.6) is 0 Å². The molecular weight excluding hydrogens is 561 g/mol. The molecule has 3 heterocycles. The Balaban J connectivity index is 1.70. The molecule has 0 saturated carbocycles. The summed E-state index contributed by atoms with van der Waals surface area (Å²) in [6.07, 6.45) is -2.55. The van der Waals surface area contributed by atoms with E-state index < -0.39 is 53.4 Å². The zero-order valence-electron chi connectivity index (χ0n) is 21.0. The Morgan fingerprint density at radius 2 is 2.08 bits per heavy atom. The Kier molecular flexibility index (Phi) is 7.99. The molecule has 4 rings (SSSR count). The zero-order chi connectivity index (χ0) is 28.6. The fraction of sp³-hybridized carbons (Fsp3) is 0.391. The topological polar surface area (TPSA) is 142 Å². The first kappa shape index (κ1) is 28.5. The first-order valence-electron chi connectivity index (χ1n) is 11.5. The molecule has 3 atom stereocenters. The molecule has 1 aliphatic heterocycles. The highest BCUT2D eigenvalue weighted by atomic mass is 32.2. The van der Waals surface area contributed by atoms with Crippen LogP contribution in [0.3, 0.4) is 0 Å². The van der Waals surface area contributed by atoms with Crippen LogP contribution in [-0.4, -0.2) is 75.3 Å². The van der Waals surface area contributed by atoms with Crippen LogP contribution < -0.4 is 14.9 Å². The number of benzene rings is 1. The van der Waals surface area contributed by atoms with Gasteiger partial charge in [0.1, 0.15) is 22.9 Å². The number of likely N-dealkylation sites (tertiary alicyclic amines) is 1. The molecule has 1 aromatic carbocycles. The molecule has 2 aromatic heterocycles. The zero-order valence-corrected chi connectivity index (χ0v) is 22.6. The SMILES string of the molecule is COC(=O)[C@@H](Cc1cc2ccnc(N)c2cc1C(F)(F)F)N1CC[C@H](N(c2cnc(N(C)C)s2)S(=O)O)C1=O. The van der Waals surface area contributed by atoms with Crippen molar-refractivity contribution in [3.8, 4) is 0 Å². The molecule has 3 aromatic rings. The van der Waals surface area contributed by atoms with Crippen molar-refractivity contribution in [1.82, 2.24) is 14.9 Å². The second-order valence-corrected chi connectivity index (χ2v) is 10.8. The van der Waals surface area contributed by atoms with Gasteiger partial charge in [0, 0.05) is 38.6 Å². The Morgan fingerprint density at radius 3 is 2.67 bits per heavy atom. The molecule has 0 aliphatic carbocycles. The number of rotatable bonds is 8. The van der Waals surface area contributed by atoms with Gasteiger partial charge in [-0.3, -0.25) is 9.35 Å². The number of pyridine rings is 1. The maximum atomic E-state index is 14.1. The van der Waals surface area contributed by atoms with Crippen molar-refractivity contribution in [2.75, 3.05) is 42.7 Å². The predicted molar refractivity (Wildman–Crippen MR) is 140 cm³/mol. The second-order valence-electron chi connectivity index (χ2n) is 8.94. The monoisotopic (exact) mass is 586 g/mol. The summed E-state index contributed by atoms with van der Waals surface area (Å²) < 4.78 is 70.3. The lowest BCUT2D eigenvalue weighted by atomic mass is 9.95. The average Bonchev–Trinajstić information content (AvgIpc) is 3.49. The number of anilines is 3. The van der Waals surface area contributed by atoms with Gasteiger partial charge in [-0.2, -0.15) is 13.2 Å². The number of thiazole rings is 1. The van der Waals surface area contributed by atoms with Gasteiger partial charge in [-0.1, -0.05) is 17.4 Å². The molecule has 16 heteroatoms. The number of carbonyl (C=O) groups excluding carboxylic acids is 2. The number of hydrogen-bond donors (Lipinski definition) is 2. The van der Waals surface area contributed by atoms with Gasteiger partial charge in [-0.15, -0.1) is 0 Å². The molecule has 1 saturated heterocycles. The normalized spacial score (nSPS) is 17.4. The van der Waals surface area contributed by atoms with Gasteiger partial charge in [0.15, 0.2) is 5.13 Å². The van der Waals surface area contributed by atoms with Crippen LogP contribution in [0.15, 0.2) is 30.6 Å². The molecule has 0 spiro atoms. The van der Waals surface area contributed by atoms with E-state index >= 15 is 0 Å². The summed E-state index contributed by atoms with van der Waals surface area (Å²) in [5, 5.41) is 1.25. The smallest absolute Gasteiger partial charge is 0.416 e. The number of amides is 1. The van der Waals surface area contributed by atoms with Gasteiger partial charge < -0.3 is 20.3 Å². The van der Waals surface area contributed by atoms with Gasteiger partial charge in [-0.05, 0) is 29.5 Å². The van der Waals surface area contributed by atoms with E-state index in [0.29, 0.717) is 10.5 Å². The molecule has 210 valence electrons. The Hall–Kier alpha value is -3.50. The number of fused-ring (bicyclic) bond motifs is 1. The van der Waals surface area contributed by atoms with E-state index in [9.17, 15) is 31.5 Å². The number of nitrogens with zero attached hydrogens (tertiary/aromatic N) is 5. The molecule has 1 aliphatic rings. The number of methoxy groups -OCH3 is 1. The molecule has 1 unspecified atom stereocenters. The van der Waals surface area contributed by atoms with E-state index in [1.807, 2.05) is 0 Å². The first-order valence-corrected chi connectivity index (χ1v) is 13.4. The Morgan fingerprint density at radius 1 is 1.36 bits per heavy atom. The van der Waals surface area contributed by atoms with E-state index in [0.717, 1.165) is 33.7 Å². The lowest BCUT2D eigenvalue weighted by Crippen LogP contribution is -2.49. The maximum Gasteiger partial charge on any atom is 0.416 e. The minimum Gasteiger partial charge on any atom is -0.467 e. The highest BCUT2D eigenvalue weighted by Gasteiger charge is 2.45. The molecule has 1 fully saturated rings. The largest absolute Gasteiger partial charge is 0.467 e. The standard InChI is InChI=1S/C23H25F3N6O5S2/c1-30(2)22-29-11-18(38-22)32(39(35)36)16-5-7-31(20(16)33)17(21(34)37-3)9-13-8-12-4-6-28-19(27)14(12)10-15(13)23(24,25)26/h4,6,8,10-11,16-17H,5,7,9H2,1-3H3,(H2,27,28)(H,35,36)/t16-,17+/m0/s1. The average molecular weight is 587 g/mol. The number of nitrogen functional groups attached to an aromatic ring is 1. The third-order valence-corrected chi connectivity index (χ3v) is 8.40. The molecule has 11 nitrogen and oxygen atoms in total. The number of aromatic nitrogens is 2. The molecule has 0 radical (unpaired) electrons. The van der Waals surface area contributed by atoms with E-state index in [-0.39, 0.29) is 34.7 Å². The van der Waals surface area contributed by atoms with Crippen LogP contribution in [0.4, 0.5) is 29.1 Å². The number of nitrogens with two attached hydrogens (primary N) is 1. The van der Waals surface area contributed by atoms with Gasteiger partial charge in [0.2, 0.25) is 5.91 Å². The number of halogens is 3.